The van der Waals surface area contributed by atoms with Gasteiger partial charge in [-0.05, 0) is 70.0 Å². The number of carbonyl (C=O) groups is 1. The van der Waals surface area contributed by atoms with Gasteiger partial charge in [0.2, 0.25) is 5.91 Å². The number of hydrogen-bond acceptors (Lipinski definition) is 8. The van der Waals surface area contributed by atoms with E-state index in [0.29, 0.717) is 44.8 Å². The van der Waals surface area contributed by atoms with Crippen molar-refractivity contribution < 1.29 is 9.53 Å². The smallest absolute Gasteiger partial charge is 0.318 e. The highest BCUT2D eigenvalue weighted by Gasteiger charge is 2.52. The van der Waals surface area contributed by atoms with E-state index in [-0.39, 0.29) is 29.4 Å². The van der Waals surface area contributed by atoms with Crippen molar-refractivity contribution in [3.8, 4) is 12.1 Å². The first kappa shape index (κ1) is 30.5. The van der Waals surface area contributed by atoms with Crippen molar-refractivity contribution in [1.29, 1.82) is 5.26 Å². The first-order chi connectivity index (χ1) is 22.1. The fourth-order valence-electron chi connectivity index (χ4n) is 7.94. The van der Waals surface area contributed by atoms with E-state index in [1.165, 1.54) is 33.7 Å². The predicted octanol–water partition coefficient (Wildman–Crippen LogP) is 5.40. The lowest BCUT2D eigenvalue weighted by atomic mass is 9.92. The van der Waals surface area contributed by atoms with Gasteiger partial charge in [0.1, 0.15) is 12.4 Å². The summed E-state index contributed by atoms with van der Waals surface area (Å²) in [6.07, 6.45) is 5.80. The van der Waals surface area contributed by atoms with Crippen LogP contribution in [0.4, 0.5) is 11.5 Å². The van der Waals surface area contributed by atoms with Gasteiger partial charge in [-0.15, -0.1) is 0 Å². The summed E-state index contributed by atoms with van der Waals surface area (Å²) in [5.41, 5.74) is 4.84. The standard InChI is InChI=1S/C37H45N7O2/c1-6-32(45)42-20-19-41(22-27(42)13-17-38)34-29-21-37(15-16-37)44(31-12-8-11-26-10-7-9-25(2)33(26)31)23-30(29)39-35(40-34)46-24-28-14-18-43(28)36(3,4)5/h6-12,27-28H,1,13-16,18-24H2,2-5H3/t27-,28?/m0/s1. The predicted molar refractivity (Wildman–Crippen MR) is 181 cm³/mol. The number of amides is 1. The number of anilines is 2. The second-order valence-corrected chi connectivity index (χ2v) is 14.5. The van der Waals surface area contributed by atoms with Crippen molar-refractivity contribution in [3.05, 3.63) is 65.9 Å². The maximum absolute atomic E-state index is 12.7. The van der Waals surface area contributed by atoms with Crippen molar-refractivity contribution >= 4 is 28.2 Å². The van der Waals surface area contributed by atoms with Gasteiger partial charge in [-0.25, -0.2) is 0 Å². The first-order valence-corrected chi connectivity index (χ1v) is 16.7. The van der Waals surface area contributed by atoms with Crippen LogP contribution in [-0.4, -0.2) is 81.6 Å². The molecule has 0 N–H and O–H groups in total. The van der Waals surface area contributed by atoms with Crippen LogP contribution in [-0.2, 0) is 17.8 Å². The van der Waals surface area contributed by atoms with Gasteiger partial charge >= 0.3 is 6.01 Å². The minimum atomic E-state index is -0.233. The molecule has 9 nitrogen and oxygen atoms in total. The first-order valence-electron chi connectivity index (χ1n) is 16.7. The molecule has 7 rings (SSSR count). The lowest BCUT2D eigenvalue weighted by Crippen LogP contribution is -2.59. The van der Waals surface area contributed by atoms with E-state index in [2.05, 4.69) is 91.4 Å². The van der Waals surface area contributed by atoms with E-state index >= 15 is 0 Å². The Hall–Kier alpha value is -4.16. The average molecular weight is 620 g/mol. The molecule has 2 saturated heterocycles. The number of fused-ring (bicyclic) bond motifs is 2. The topological polar surface area (TPSA) is 88.8 Å². The molecule has 1 unspecified atom stereocenters. The number of piperazine rings is 1. The molecule has 1 aromatic heterocycles. The van der Waals surface area contributed by atoms with Crippen LogP contribution in [0.2, 0.25) is 0 Å². The molecule has 9 heteroatoms. The summed E-state index contributed by atoms with van der Waals surface area (Å²) >= 11 is 0. The second-order valence-electron chi connectivity index (χ2n) is 14.5. The Balaban J connectivity index is 1.26. The largest absolute Gasteiger partial charge is 0.462 e. The summed E-state index contributed by atoms with van der Waals surface area (Å²) in [4.78, 5) is 32.0. The molecule has 3 aromatic rings. The zero-order valence-electron chi connectivity index (χ0n) is 27.6. The molecule has 2 aromatic carbocycles. The normalized spacial score (nSPS) is 22.3. The Morgan fingerprint density at radius 3 is 2.59 bits per heavy atom. The zero-order valence-corrected chi connectivity index (χ0v) is 27.6. The van der Waals surface area contributed by atoms with Gasteiger partial charge in [0.25, 0.3) is 0 Å². The van der Waals surface area contributed by atoms with Gasteiger partial charge in [-0.2, -0.15) is 15.2 Å². The summed E-state index contributed by atoms with van der Waals surface area (Å²) in [7, 11) is 0. The fraction of sp³-hybridized carbons (Fsp3) is 0.514. The highest BCUT2D eigenvalue weighted by Crippen LogP contribution is 2.53. The average Bonchev–Trinajstić information content (AvgIpc) is 3.78. The minimum Gasteiger partial charge on any atom is -0.462 e. The highest BCUT2D eigenvalue weighted by atomic mass is 16.5. The SMILES string of the molecule is C=CC(=O)N1CCN(c2nc(OCC3CCN3C(C)(C)C)nc3c2CC2(CC2)N(c2cccc4cccc(C)c24)C3)C[C@@H]1CC#N. The minimum absolute atomic E-state index is 0.0237. The number of benzene rings is 2. The molecule has 2 atom stereocenters. The van der Waals surface area contributed by atoms with Gasteiger partial charge in [0, 0.05) is 66.4 Å². The lowest BCUT2D eigenvalue weighted by Gasteiger charge is -2.49. The maximum Gasteiger partial charge on any atom is 0.318 e. The van der Waals surface area contributed by atoms with Gasteiger partial charge in [0.15, 0.2) is 0 Å². The Morgan fingerprint density at radius 2 is 1.91 bits per heavy atom. The summed E-state index contributed by atoms with van der Waals surface area (Å²) in [5, 5.41) is 12.2. The number of hydrogen-bond donors (Lipinski definition) is 0. The van der Waals surface area contributed by atoms with E-state index in [4.69, 9.17) is 14.7 Å². The number of nitriles is 1. The number of ether oxygens (including phenoxy) is 1. The van der Waals surface area contributed by atoms with E-state index in [1.54, 1.807) is 4.90 Å². The van der Waals surface area contributed by atoms with Crippen LogP contribution in [0.3, 0.4) is 0 Å². The molecule has 1 saturated carbocycles. The van der Waals surface area contributed by atoms with Crippen LogP contribution in [0, 0.1) is 18.3 Å². The third kappa shape index (κ3) is 5.37. The summed E-state index contributed by atoms with van der Waals surface area (Å²) in [5.74, 6) is 0.769. The Labute approximate surface area is 272 Å². The number of nitrogens with zero attached hydrogens (tertiary/aromatic N) is 7. The molecule has 4 heterocycles. The van der Waals surface area contributed by atoms with E-state index in [1.807, 2.05) is 0 Å². The van der Waals surface area contributed by atoms with Crippen LogP contribution >= 0.6 is 0 Å². The molecule has 3 aliphatic heterocycles. The summed E-state index contributed by atoms with van der Waals surface area (Å²) < 4.78 is 6.44. The quantitative estimate of drug-likeness (QED) is 0.325. The molecular formula is C37H45N7O2. The third-order valence-electron chi connectivity index (χ3n) is 10.6. The van der Waals surface area contributed by atoms with Gasteiger partial charge < -0.3 is 19.4 Å². The Morgan fingerprint density at radius 1 is 1.13 bits per heavy atom. The molecule has 1 spiro atoms. The number of rotatable bonds is 7. The van der Waals surface area contributed by atoms with Gasteiger partial charge in [-0.1, -0.05) is 36.9 Å². The number of likely N-dealkylation sites (tertiary alicyclic amines) is 1. The van der Waals surface area contributed by atoms with Crippen LogP contribution in [0.15, 0.2) is 49.1 Å². The molecule has 3 fully saturated rings. The van der Waals surface area contributed by atoms with Crippen molar-refractivity contribution in [2.24, 2.45) is 0 Å². The zero-order chi connectivity index (χ0) is 32.2. The van der Waals surface area contributed by atoms with Crippen LogP contribution < -0.4 is 14.5 Å². The maximum atomic E-state index is 12.7. The van der Waals surface area contributed by atoms with Gasteiger partial charge in [-0.3, -0.25) is 9.69 Å². The van der Waals surface area contributed by atoms with Crippen LogP contribution in [0.25, 0.3) is 10.8 Å². The van der Waals surface area contributed by atoms with Crippen molar-refractivity contribution in [3.63, 3.8) is 0 Å². The van der Waals surface area contributed by atoms with Crippen LogP contribution in [0.1, 0.15) is 63.3 Å². The van der Waals surface area contributed by atoms with Gasteiger partial charge in [0.05, 0.1) is 30.8 Å². The molecule has 46 heavy (non-hydrogen) atoms. The Kier molecular flexibility index (Phi) is 7.67. The van der Waals surface area contributed by atoms with E-state index in [0.717, 1.165) is 43.7 Å². The third-order valence-corrected chi connectivity index (χ3v) is 10.6. The van der Waals surface area contributed by atoms with Crippen molar-refractivity contribution in [2.45, 2.75) is 89.5 Å². The molecule has 0 radical (unpaired) electrons. The van der Waals surface area contributed by atoms with Crippen molar-refractivity contribution in [2.75, 3.05) is 42.6 Å². The second kappa shape index (κ2) is 11.6. The monoisotopic (exact) mass is 619 g/mol. The number of aromatic nitrogens is 2. The molecule has 4 aliphatic rings. The molecule has 1 aliphatic carbocycles. The van der Waals surface area contributed by atoms with E-state index < -0.39 is 0 Å². The van der Waals surface area contributed by atoms with Crippen molar-refractivity contribution in [1.82, 2.24) is 19.8 Å². The molecule has 240 valence electrons. The fourth-order valence-corrected chi connectivity index (χ4v) is 7.94. The Bertz CT molecular complexity index is 1710. The molecule has 0 bridgehead atoms. The number of aryl methyl sites for hydroxylation is 1. The summed E-state index contributed by atoms with van der Waals surface area (Å²) in [6.45, 7) is 16.6. The molecule has 1 amide bonds. The highest BCUT2D eigenvalue weighted by molar-refractivity contribution is 5.97. The lowest BCUT2D eigenvalue weighted by molar-refractivity contribution is -0.128. The van der Waals surface area contributed by atoms with Crippen LogP contribution in [0.5, 0.6) is 6.01 Å². The van der Waals surface area contributed by atoms with E-state index in [9.17, 15) is 10.1 Å². The number of carbonyl (C=O) groups excluding carboxylic acids is 1. The molecular weight excluding hydrogens is 574 g/mol. The summed E-state index contributed by atoms with van der Waals surface area (Å²) in [6, 6.07) is 16.0.